The third kappa shape index (κ3) is 4.50. The van der Waals surface area contributed by atoms with Crippen LogP contribution in [0.3, 0.4) is 0 Å². The maximum atomic E-state index is 11.9. The fourth-order valence-electron chi connectivity index (χ4n) is 2.07. The molecule has 0 spiro atoms. The Morgan fingerprint density at radius 3 is 2.60 bits per heavy atom. The molecule has 0 aliphatic heterocycles. The Morgan fingerprint density at radius 2 is 1.84 bits per heavy atom. The lowest BCUT2D eigenvalue weighted by Crippen LogP contribution is -2.36. The first kappa shape index (κ1) is 16.4. The zero-order valence-corrected chi connectivity index (χ0v) is 13.3. The fourth-order valence-corrected chi connectivity index (χ4v) is 2.07. The van der Waals surface area contributed by atoms with Gasteiger partial charge in [-0.05, 0) is 17.3 Å². The molecule has 2 heterocycles. The molecule has 3 aromatic rings. The van der Waals surface area contributed by atoms with E-state index in [9.17, 15) is 9.59 Å². The number of carbonyl (C=O) groups is 2. The van der Waals surface area contributed by atoms with E-state index in [1.54, 1.807) is 12.1 Å². The largest absolute Gasteiger partial charge is 0.459 e. The second-order valence-electron chi connectivity index (χ2n) is 5.09. The summed E-state index contributed by atoms with van der Waals surface area (Å²) in [5.41, 5.74) is 0.829. The van der Waals surface area contributed by atoms with Crippen LogP contribution in [-0.4, -0.2) is 45.1 Å². The molecule has 0 saturated heterocycles. The van der Waals surface area contributed by atoms with Gasteiger partial charge in [0.15, 0.2) is 5.76 Å². The minimum Gasteiger partial charge on any atom is -0.459 e. The Hall–Kier alpha value is -3.49. The van der Waals surface area contributed by atoms with Crippen molar-refractivity contribution in [3.63, 3.8) is 0 Å². The van der Waals surface area contributed by atoms with Gasteiger partial charge < -0.3 is 15.1 Å². The molecular weight excluding hydrogens is 324 g/mol. The summed E-state index contributed by atoms with van der Waals surface area (Å²) in [7, 11) is 0. The van der Waals surface area contributed by atoms with Gasteiger partial charge in [-0.25, -0.2) is 0 Å². The highest BCUT2D eigenvalue weighted by molar-refractivity contribution is 5.91. The molecule has 128 valence electrons. The van der Waals surface area contributed by atoms with Crippen LogP contribution in [0.1, 0.15) is 10.6 Å². The SMILES string of the molecule is O=C(Cn1nnc(-c2ccccc2)n1)NCCNC(=O)c1ccco1. The number of furan rings is 1. The molecule has 0 atom stereocenters. The molecule has 0 saturated carbocycles. The Morgan fingerprint density at radius 1 is 1.04 bits per heavy atom. The molecule has 0 fully saturated rings. The summed E-state index contributed by atoms with van der Waals surface area (Å²) < 4.78 is 4.97. The highest BCUT2D eigenvalue weighted by atomic mass is 16.3. The maximum absolute atomic E-state index is 11.9. The molecule has 2 amide bonds. The van der Waals surface area contributed by atoms with Crippen molar-refractivity contribution in [2.75, 3.05) is 13.1 Å². The first-order valence-corrected chi connectivity index (χ1v) is 7.64. The Labute approximate surface area is 143 Å². The predicted molar refractivity (Wildman–Crippen MR) is 87.3 cm³/mol. The van der Waals surface area contributed by atoms with Gasteiger partial charge in [0.1, 0.15) is 6.54 Å². The molecule has 25 heavy (non-hydrogen) atoms. The van der Waals surface area contributed by atoms with Crippen molar-refractivity contribution in [2.24, 2.45) is 0 Å². The summed E-state index contributed by atoms with van der Waals surface area (Å²) in [6.45, 7) is 0.517. The average Bonchev–Trinajstić information content (AvgIpc) is 3.31. The molecular formula is C16H16N6O3. The number of tetrazole rings is 1. The molecule has 9 heteroatoms. The molecule has 0 bridgehead atoms. The van der Waals surface area contributed by atoms with Gasteiger partial charge in [0.25, 0.3) is 5.91 Å². The number of hydrogen-bond acceptors (Lipinski definition) is 6. The van der Waals surface area contributed by atoms with Gasteiger partial charge in [0, 0.05) is 18.7 Å². The number of nitrogens with one attached hydrogen (secondary N) is 2. The lowest BCUT2D eigenvalue weighted by molar-refractivity contribution is -0.122. The number of aromatic nitrogens is 4. The van der Waals surface area contributed by atoms with E-state index < -0.39 is 0 Å². The molecule has 2 aromatic heterocycles. The number of nitrogens with zero attached hydrogens (tertiary/aromatic N) is 4. The van der Waals surface area contributed by atoms with Crippen LogP contribution >= 0.6 is 0 Å². The van der Waals surface area contributed by atoms with E-state index >= 15 is 0 Å². The topological polar surface area (TPSA) is 115 Å². The zero-order chi connectivity index (χ0) is 17.5. The first-order chi connectivity index (χ1) is 12.2. The van der Waals surface area contributed by atoms with Crippen molar-refractivity contribution in [1.82, 2.24) is 30.8 Å². The van der Waals surface area contributed by atoms with Gasteiger partial charge in [-0.1, -0.05) is 30.3 Å². The van der Waals surface area contributed by atoms with Gasteiger partial charge in [-0.15, -0.1) is 10.2 Å². The van der Waals surface area contributed by atoms with Gasteiger partial charge in [-0.2, -0.15) is 4.80 Å². The Kier molecular flexibility index (Phi) is 5.15. The molecule has 0 aliphatic carbocycles. The van der Waals surface area contributed by atoms with Crippen LogP contribution < -0.4 is 10.6 Å². The summed E-state index contributed by atoms with van der Waals surface area (Å²) in [5.74, 6) is 0.0830. The third-order valence-electron chi connectivity index (χ3n) is 3.25. The predicted octanol–water partition coefficient (Wildman–Crippen LogP) is 0.479. The quantitative estimate of drug-likeness (QED) is 0.605. The summed E-state index contributed by atoms with van der Waals surface area (Å²) in [6, 6.07) is 12.6. The Bertz CT molecular complexity index is 829. The first-order valence-electron chi connectivity index (χ1n) is 7.64. The maximum Gasteiger partial charge on any atom is 0.287 e. The van der Waals surface area contributed by atoms with Crippen LogP contribution in [0.15, 0.2) is 53.1 Å². The lowest BCUT2D eigenvalue weighted by atomic mass is 10.2. The standard InChI is InChI=1S/C16H16N6O3/c23-14(17-8-9-18-16(24)13-7-4-10-25-13)11-22-20-15(19-21-22)12-5-2-1-3-6-12/h1-7,10H,8-9,11H2,(H,17,23)(H,18,24). The van der Waals surface area contributed by atoms with E-state index in [0.29, 0.717) is 5.82 Å². The molecule has 3 rings (SSSR count). The van der Waals surface area contributed by atoms with E-state index in [1.165, 1.54) is 11.1 Å². The smallest absolute Gasteiger partial charge is 0.287 e. The van der Waals surface area contributed by atoms with Crippen molar-refractivity contribution in [1.29, 1.82) is 0 Å². The molecule has 2 N–H and O–H groups in total. The minimum absolute atomic E-state index is 0.0496. The summed E-state index contributed by atoms with van der Waals surface area (Å²) >= 11 is 0. The van der Waals surface area contributed by atoms with Gasteiger partial charge >= 0.3 is 0 Å². The fraction of sp³-hybridized carbons (Fsp3) is 0.188. The van der Waals surface area contributed by atoms with Crippen LogP contribution in [0.2, 0.25) is 0 Å². The normalized spacial score (nSPS) is 10.4. The van der Waals surface area contributed by atoms with Crippen LogP contribution in [0.25, 0.3) is 11.4 Å². The minimum atomic E-state index is -0.329. The van der Waals surface area contributed by atoms with Crippen LogP contribution in [0, 0.1) is 0 Å². The monoisotopic (exact) mass is 340 g/mol. The second kappa shape index (κ2) is 7.86. The summed E-state index contributed by atoms with van der Waals surface area (Å²) in [4.78, 5) is 24.7. The summed E-state index contributed by atoms with van der Waals surface area (Å²) in [6.07, 6.45) is 1.42. The molecule has 0 radical (unpaired) electrons. The molecule has 1 aromatic carbocycles. The number of carbonyl (C=O) groups excluding carboxylic acids is 2. The van der Waals surface area contributed by atoms with Crippen molar-refractivity contribution < 1.29 is 14.0 Å². The molecule has 0 aliphatic rings. The molecule has 0 unspecified atom stereocenters. The highest BCUT2D eigenvalue weighted by Crippen LogP contribution is 2.11. The van der Waals surface area contributed by atoms with E-state index in [4.69, 9.17) is 4.42 Å². The zero-order valence-electron chi connectivity index (χ0n) is 13.3. The van der Waals surface area contributed by atoms with E-state index in [1.807, 2.05) is 30.3 Å². The highest BCUT2D eigenvalue weighted by Gasteiger charge is 2.10. The van der Waals surface area contributed by atoms with Gasteiger partial charge in [0.2, 0.25) is 11.7 Å². The number of rotatable bonds is 7. The average molecular weight is 340 g/mol. The number of amides is 2. The van der Waals surface area contributed by atoms with Gasteiger partial charge in [0.05, 0.1) is 6.26 Å². The van der Waals surface area contributed by atoms with Crippen LogP contribution in [0.4, 0.5) is 0 Å². The van der Waals surface area contributed by atoms with E-state index in [2.05, 4.69) is 26.0 Å². The van der Waals surface area contributed by atoms with Crippen LogP contribution in [-0.2, 0) is 11.3 Å². The second-order valence-corrected chi connectivity index (χ2v) is 5.09. The third-order valence-corrected chi connectivity index (χ3v) is 3.25. The Balaban J connectivity index is 1.41. The van der Waals surface area contributed by atoms with E-state index in [-0.39, 0.29) is 37.2 Å². The lowest BCUT2D eigenvalue weighted by Gasteiger charge is -2.05. The van der Waals surface area contributed by atoms with E-state index in [0.717, 1.165) is 5.56 Å². The molecule has 9 nitrogen and oxygen atoms in total. The number of hydrogen-bond donors (Lipinski definition) is 2. The van der Waals surface area contributed by atoms with Crippen molar-refractivity contribution in [3.8, 4) is 11.4 Å². The number of benzene rings is 1. The van der Waals surface area contributed by atoms with Crippen molar-refractivity contribution in [2.45, 2.75) is 6.54 Å². The van der Waals surface area contributed by atoms with Crippen molar-refractivity contribution in [3.05, 3.63) is 54.5 Å². The van der Waals surface area contributed by atoms with Gasteiger partial charge in [-0.3, -0.25) is 9.59 Å². The summed E-state index contributed by atoms with van der Waals surface area (Å²) in [5, 5.41) is 17.2. The van der Waals surface area contributed by atoms with Crippen molar-refractivity contribution >= 4 is 11.8 Å². The van der Waals surface area contributed by atoms with Crippen LogP contribution in [0.5, 0.6) is 0 Å².